The highest BCUT2D eigenvalue weighted by Crippen LogP contribution is 2.19. The van der Waals surface area contributed by atoms with Crippen molar-refractivity contribution in [3.63, 3.8) is 0 Å². The quantitative estimate of drug-likeness (QED) is 0.854. The van der Waals surface area contributed by atoms with Crippen LogP contribution >= 0.6 is 0 Å². The van der Waals surface area contributed by atoms with E-state index in [0.717, 1.165) is 57.2 Å². The second kappa shape index (κ2) is 6.68. The number of aromatic nitrogens is 2. The smallest absolute Gasteiger partial charge is 0.225 e. The number of aliphatic hydroxyl groups excluding tert-OH is 1. The van der Waals surface area contributed by atoms with E-state index >= 15 is 0 Å². The summed E-state index contributed by atoms with van der Waals surface area (Å²) in [6, 6.07) is 0.308. The van der Waals surface area contributed by atoms with Crippen molar-refractivity contribution in [1.29, 1.82) is 0 Å². The first-order valence-electron chi connectivity index (χ1n) is 7.85. The Bertz CT molecular complexity index is 444. The minimum absolute atomic E-state index is 0.250. The molecule has 2 aliphatic rings. The molecule has 3 rings (SSSR count). The van der Waals surface area contributed by atoms with Gasteiger partial charge >= 0.3 is 0 Å². The molecule has 116 valence electrons. The van der Waals surface area contributed by atoms with Gasteiger partial charge in [0.2, 0.25) is 5.95 Å². The Hall–Kier alpha value is -1.24. The molecule has 6 heteroatoms. The standard InChI is InChI=1S/C15H25N5O/c1-18-5-7-19(8-6-18)15-16-9-13(10-17-15)11-20-4-2-3-14(20)12-21/h9-10,14,21H,2-8,11-12H2,1H3/t14-/m1/s1. The van der Waals surface area contributed by atoms with Gasteiger partial charge in [-0.3, -0.25) is 4.90 Å². The fraction of sp³-hybridized carbons (Fsp3) is 0.733. The molecule has 1 N–H and O–H groups in total. The Morgan fingerprint density at radius 3 is 2.52 bits per heavy atom. The van der Waals surface area contributed by atoms with Crippen molar-refractivity contribution in [1.82, 2.24) is 19.8 Å². The van der Waals surface area contributed by atoms with E-state index < -0.39 is 0 Å². The van der Waals surface area contributed by atoms with E-state index in [-0.39, 0.29) is 6.61 Å². The highest BCUT2D eigenvalue weighted by Gasteiger charge is 2.24. The van der Waals surface area contributed by atoms with Crippen molar-refractivity contribution in [3.8, 4) is 0 Å². The molecule has 21 heavy (non-hydrogen) atoms. The van der Waals surface area contributed by atoms with Gasteiger partial charge in [-0.25, -0.2) is 9.97 Å². The highest BCUT2D eigenvalue weighted by molar-refractivity contribution is 5.30. The summed E-state index contributed by atoms with van der Waals surface area (Å²) in [5, 5.41) is 9.37. The van der Waals surface area contributed by atoms with E-state index in [2.05, 4.69) is 31.7 Å². The molecule has 0 aliphatic carbocycles. The van der Waals surface area contributed by atoms with Crippen LogP contribution in [0.1, 0.15) is 18.4 Å². The molecule has 2 fully saturated rings. The molecular weight excluding hydrogens is 266 g/mol. The molecule has 2 saturated heterocycles. The average Bonchev–Trinajstić information content (AvgIpc) is 2.96. The van der Waals surface area contributed by atoms with Crippen LogP contribution in [0, 0.1) is 0 Å². The highest BCUT2D eigenvalue weighted by atomic mass is 16.3. The Morgan fingerprint density at radius 1 is 1.14 bits per heavy atom. The van der Waals surface area contributed by atoms with Crippen molar-refractivity contribution in [3.05, 3.63) is 18.0 Å². The largest absolute Gasteiger partial charge is 0.395 e. The number of nitrogens with zero attached hydrogens (tertiary/aromatic N) is 5. The predicted molar refractivity (Wildman–Crippen MR) is 82.3 cm³/mol. The van der Waals surface area contributed by atoms with Gasteiger partial charge in [0, 0.05) is 56.7 Å². The van der Waals surface area contributed by atoms with Crippen LogP contribution in [0.2, 0.25) is 0 Å². The maximum atomic E-state index is 9.37. The van der Waals surface area contributed by atoms with Crippen LogP contribution in [0.3, 0.4) is 0 Å². The number of hydrogen-bond acceptors (Lipinski definition) is 6. The molecule has 1 aromatic heterocycles. The number of piperazine rings is 1. The third kappa shape index (κ3) is 3.51. The number of likely N-dealkylation sites (N-methyl/N-ethyl adjacent to an activating group) is 1. The molecule has 6 nitrogen and oxygen atoms in total. The van der Waals surface area contributed by atoms with E-state index in [1.165, 1.54) is 6.42 Å². The first-order valence-corrected chi connectivity index (χ1v) is 7.85. The van der Waals surface area contributed by atoms with Gasteiger partial charge in [-0.05, 0) is 26.4 Å². The Balaban J connectivity index is 1.59. The number of anilines is 1. The van der Waals surface area contributed by atoms with Crippen molar-refractivity contribution < 1.29 is 5.11 Å². The average molecular weight is 291 g/mol. The fourth-order valence-electron chi connectivity index (χ4n) is 3.14. The molecule has 0 bridgehead atoms. The van der Waals surface area contributed by atoms with E-state index in [0.29, 0.717) is 6.04 Å². The lowest BCUT2D eigenvalue weighted by molar-refractivity contribution is 0.153. The van der Waals surface area contributed by atoms with Gasteiger partial charge in [-0.2, -0.15) is 0 Å². The summed E-state index contributed by atoms with van der Waals surface area (Å²) in [5.74, 6) is 0.840. The number of aliphatic hydroxyl groups is 1. The van der Waals surface area contributed by atoms with Crippen LogP contribution in [-0.4, -0.2) is 77.3 Å². The van der Waals surface area contributed by atoms with Crippen molar-refractivity contribution in [2.45, 2.75) is 25.4 Å². The van der Waals surface area contributed by atoms with Gasteiger partial charge in [0.15, 0.2) is 0 Å². The van der Waals surface area contributed by atoms with Crippen LogP contribution < -0.4 is 4.90 Å². The maximum Gasteiger partial charge on any atom is 0.225 e. The topological polar surface area (TPSA) is 55.7 Å². The summed E-state index contributed by atoms with van der Waals surface area (Å²) < 4.78 is 0. The van der Waals surface area contributed by atoms with Crippen molar-refractivity contribution in [2.24, 2.45) is 0 Å². The zero-order valence-corrected chi connectivity index (χ0v) is 12.8. The maximum absolute atomic E-state index is 9.37. The molecule has 0 spiro atoms. The molecule has 0 aromatic carbocycles. The molecular formula is C15H25N5O. The van der Waals surface area contributed by atoms with Crippen molar-refractivity contribution >= 4 is 5.95 Å². The summed E-state index contributed by atoms with van der Waals surface area (Å²) in [6.45, 7) is 6.27. The van der Waals surface area contributed by atoms with Gasteiger partial charge < -0.3 is 14.9 Å². The van der Waals surface area contributed by atoms with Gasteiger partial charge in [0.1, 0.15) is 0 Å². The molecule has 1 aromatic rings. The third-order valence-electron chi connectivity index (χ3n) is 4.57. The second-order valence-corrected chi connectivity index (χ2v) is 6.13. The normalized spacial score (nSPS) is 24.7. The zero-order chi connectivity index (χ0) is 14.7. The molecule has 1 atom stereocenters. The van der Waals surface area contributed by atoms with Crippen molar-refractivity contribution in [2.75, 3.05) is 51.3 Å². The lowest BCUT2D eigenvalue weighted by Crippen LogP contribution is -2.45. The van der Waals surface area contributed by atoms with Gasteiger partial charge in [-0.1, -0.05) is 0 Å². The van der Waals surface area contributed by atoms with Gasteiger partial charge in [0.05, 0.1) is 6.61 Å². The zero-order valence-electron chi connectivity index (χ0n) is 12.8. The summed E-state index contributed by atoms with van der Waals surface area (Å²) in [4.78, 5) is 16.0. The lowest BCUT2D eigenvalue weighted by Gasteiger charge is -2.32. The Morgan fingerprint density at radius 2 is 1.86 bits per heavy atom. The van der Waals surface area contributed by atoms with Gasteiger partial charge in [-0.15, -0.1) is 0 Å². The van der Waals surface area contributed by atoms with E-state index in [9.17, 15) is 5.11 Å². The lowest BCUT2D eigenvalue weighted by atomic mass is 10.2. The van der Waals surface area contributed by atoms with E-state index in [1.54, 1.807) is 0 Å². The Kier molecular flexibility index (Phi) is 4.67. The van der Waals surface area contributed by atoms with E-state index in [1.807, 2.05) is 12.4 Å². The number of rotatable bonds is 4. The molecule has 2 aliphatic heterocycles. The van der Waals surface area contributed by atoms with Crippen LogP contribution in [0.5, 0.6) is 0 Å². The summed E-state index contributed by atoms with van der Waals surface area (Å²) in [7, 11) is 2.15. The van der Waals surface area contributed by atoms with E-state index in [4.69, 9.17) is 0 Å². The molecule has 0 amide bonds. The molecule has 0 radical (unpaired) electrons. The summed E-state index contributed by atoms with van der Waals surface area (Å²) >= 11 is 0. The SMILES string of the molecule is CN1CCN(c2ncc(CN3CCC[C@@H]3CO)cn2)CC1. The fourth-order valence-corrected chi connectivity index (χ4v) is 3.14. The summed E-state index contributed by atoms with van der Waals surface area (Å²) in [6.07, 6.45) is 6.14. The van der Waals surface area contributed by atoms with Crippen LogP contribution in [0.15, 0.2) is 12.4 Å². The minimum atomic E-state index is 0.250. The monoisotopic (exact) mass is 291 g/mol. The van der Waals surface area contributed by atoms with Gasteiger partial charge in [0.25, 0.3) is 0 Å². The molecule has 3 heterocycles. The second-order valence-electron chi connectivity index (χ2n) is 6.13. The Labute approximate surface area is 126 Å². The van der Waals surface area contributed by atoms with Crippen LogP contribution in [-0.2, 0) is 6.54 Å². The molecule has 0 saturated carbocycles. The third-order valence-corrected chi connectivity index (χ3v) is 4.57. The van der Waals surface area contributed by atoms with Crippen LogP contribution in [0.25, 0.3) is 0 Å². The first kappa shape index (κ1) is 14.7. The molecule has 0 unspecified atom stereocenters. The number of hydrogen-bond donors (Lipinski definition) is 1. The predicted octanol–water partition coefficient (Wildman–Crippen LogP) is 0.185. The number of likely N-dealkylation sites (tertiary alicyclic amines) is 1. The first-order chi connectivity index (χ1) is 10.3. The van der Waals surface area contributed by atoms with Crippen LogP contribution in [0.4, 0.5) is 5.95 Å². The summed E-state index contributed by atoms with van der Waals surface area (Å²) in [5.41, 5.74) is 1.13. The minimum Gasteiger partial charge on any atom is -0.395 e.